The molecular weight excluding hydrogens is 340 g/mol. The number of nitriles is 1. The van der Waals surface area contributed by atoms with Gasteiger partial charge >= 0.3 is 0 Å². The number of carbonyl (C=O) groups excluding carboxylic acids is 1. The number of benzene rings is 2. The lowest BCUT2D eigenvalue weighted by Crippen LogP contribution is -2.07. The fraction of sp³-hybridized carbons (Fsp3) is 0.273. The molecule has 1 N–H and O–H groups in total. The topological polar surface area (TPSA) is 71.3 Å². The highest BCUT2D eigenvalue weighted by molar-refractivity contribution is 6.01. The molecule has 1 amide bonds. The van der Waals surface area contributed by atoms with Gasteiger partial charge in [-0.2, -0.15) is 5.26 Å². The molecule has 0 saturated heterocycles. The third-order valence-corrected chi connectivity index (χ3v) is 4.27. The molecule has 0 aromatic heterocycles. The summed E-state index contributed by atoms with van der Waals surface area (Å²) in [6.07, 6.45) is 4.24. The van der Waals surface area contributed by atoms with E-state index in [9.17, 15) is 4.79 Å². The van der Waals surface area contributed by atoms with E-state index in [-0.39, 0.29) is 12.5 Å². The minimum Gasteiger partial charge on any atom is -0.493 e. The second-order valence-corrected chi connectivity index (χ2v) is 6.11. The van der Waals surface area contributed by atoms with Gasteiger partial charge in [-0.15, -0.1) is 0 Å². The zero-order valence-electron chi connectivity index (χ0n) is 15.9. The lowest BCUT2D eigenvalue weighted by atomic mass is 9.99. The van der Waals surface area contributed by atoms with Crippen molar-refractivity contribution in [3.05, 3.63) is 59.7 Å². The highest BCUT2D eigenvalue weighted by atomic mass is 16.5. The number of nitrogens with zero attached hydrogens (tertiary/aromatic N) is 1. The summed E-state index contributed by atoms with van der Waals surface area (Å²) in [6, 6.07) is 15.1. The third kappa shape index (κ3) is 5.89. The normalized spacial score (nSPS) is 11.6. The maximum Gasteiger partial charge on any atom is 0.248 e. The summed E-state index contributed by atoms with van der Waals surface area (Å²) >= 11 is 0. The number of rotatable bonds is 8. The van der Waals surface area contributed by atoms with Crippen LogP contribution in [-0.4, -0.2) is 19.6 Å². The molecule has 2 aromatic rings. The van der Waals surface area contributed by atoms with Gasteiger partial charge in [0, 0.05) is 11.8 Å². The van der Waals surface area contributed by atoms with Gasteiger partial charge in [-0.25, -0.2) is 0 Å². The average molecular weight is 364 g/mol. The van der Waals surface area contributed by atoms with Crippen LogP contribution in [0.15, 0.2) is 48.5 Å². The van der Waals surface area contributed by atoms with Gasteiger partial charge in [0.15, 0.2) is 18.1 Å². The number of methoxy groups -OCH3 is 1. The van der Waals surface area contributed by atoms with E-state index >= 15 is 0 Å². The monoisotopic (exact) mass is 364 g/mol. The first-order valence-electron chi connectivity index (χ1n) is 8.84. The second kappa shape index (κ2) is 10.0. The minimum absolute atomic E-state index is 0.0518. The van der Waals surface area contributed by atoms with Crippen LogP contribution in [0.4, 0.5) is 5.69 Å². The van der Waals surface area contributed by atoms with Gasteiger partial charge in [0.05, 0.1) is 7.11 Å². The molecule has 2 rings (SSSR count). The van der Waals surface area contributed by atoms with Crippen molar-refractivity contribution in [3.63, 3.8) is 0 Å². The Labute approximate surface area is 160 Å². The first-order valence-corrected chi connectivity index (χ1v) is 8.84. The zero-order valence-corrected chi connectivity index (χ0v) is 15.9. The Kier molecular flexibility index (Phi) is 7.45. The Morgan fingerprint density at radius 2 is 1.96 bits per heavy atom. The van der Waals surface area contributed by atoms with Gasteiger partial charge in [0.25, 0.3) is 0 Å². The minimum atomic E-state index is -0.213. The fourth-order valence-electron chi connectivity index (χ4n) is 2.50. The Morgan fingerprint density at radius 3 is 2.59 bits per heavy atom. The molecule has 2 aromatic carbocycles. The number of hydrogen-bond donors (Lipinski definition) is 1. The van der Waals surface area contributed by atoms with E-state index < -0.39 is 0 Å². The van der Waals surface area contributed by atoms with Gasteiger partial charge < -0.3 is 14.8 Å². The molecule has 0 saturated carbocycles. The van der Waals surface area contributed by atoms with E-state index in [4.69, 9.17) is 14.7 Å². The zero-order chi connectivity index (χ0) is 19.6. The van der Waals surface area contributed by atoms with Crippen molar-refractivity contribution < 1.29 is 14.3 Å². The molecule has 27 heavy (non-hydrogen) atoms. The molecule has 5 nitrogen and oxygen atoms in total. The number of nitrogens with one attached hydrogen (secondary N) is 1. The van der Waals surface area contributed by atoms with Gasteiger partial charge in [-0.1, -0.05) is 32.0 Å². The van der Waals surface area contributed by atoms with Crippen LogP contribution < -0.4 is 14.8 Å². The van der Waals surface area contributed by atoms with Gasteiger partial charge in [0.2, 0.25) is 5.91 Å². The van der Waals surface area contributed by atoms with Gasteiger partial charge in [0.1, 0.15) is 6.07 Å². The van der Waals surface area contributed by atoms with Crippen molar-refractivity contribution >= 4 is 17.7 Å². The lowest BCUT2D eigenvalue weighted by molar-refractivity contribution is -0.111. The summed E-state index contributed by atoms with van der Waals surface area (Å²) in [5, 5.41) is 11.4. The molecule has 0 fully saturated rings. The SMILES string of the molecule is CC[C@@H](C)c1ccc(NC(=O)/C=C/c2ccc(OCC#N)c(OC)c2)cc1. The van der Waals surface area contributed by atoms with Gasteiger partial charge in [-0.3, -0.25) is 4.79 Å². The molecule has 1 atom stereocenters. The molecule has 0 aliphatic carbocycles. The summed E-state index contributed by atoms with van der Waals surface area (Å²) in [5.74, 6) is 1.29. The molecule has 5 heteroatoms. The van der Waals surface area contributed by atoms with E-state index in [0.717, 1.165) is 17.7 Å². The molecule has 0 bridgehead atoms. The van der Waals surface area contributed by atoms with Crippen LogP contribution in [0, 0.1) is 11.3 Å². The number of hydrogen-bond acceptors (Lipinski definition) is 4. The summed E-state index contributed by atoms with van der Waals surface area (Å²) < 4.78 is 10.5. The van der Waals surface area contributed by atoms with Crippen molar-refractivity contribution in [1.29, 1.82) is 5.26 Å². The Balaban J connectivity index is 2.00. The largest absolute Gasteiger partial charge is 0.493 e. The number of anilines is 1. The van der Waals surface area contributed by atoms with Crippen LogP contribution >= 0.6 is 0 Å². The van der Waals surface area contributed by atoms with Crippen LogP contribution in [0.5, 0.6) is 11.5 Å². The molecular formula is C22H24N2O3. The summed E-state index contributed by atoms with van der Waals surface area (Å²) in [7, 11) is 1.53. The van der Waals surface area contributed by atoms with Crippen LogP contribution in [0.3, 0.4) is 0 Å². The third-order valence-electron chi connectivity index (χ3n) is 4.27. The van der Waals surface area contributed by atoms with Crippen molar-refractivity contribution in [2.75, 3.05) is 19.0 Å². The van der Waals surface area contributed by atoms with E-state index in [1.807, 2.05) is 30.3 Å². The van der Waals surface area contributed by atoms with E-state index in [2.05, 4.69) is 19.2 Å². The standard InChI is InChI=1S/C22H24N2O3/c1-4-16(2)18-7-9-19(10-8-18)24-22(25)12-6-17-5-11-20(27-14-13-23)21(15-17)26-3/h5-12,15-16H,4,14H2,1-3H3,(H,24,25)/b12-6+/t16-/m1/s1. The average Bonchev–Trinajstić information content (AvgIpc) is 2.70. The van der Waals surface area contributed by atoms with Crippen molar-refractivity contribution in [2.24, 2.45) is 0 Å². The molecule has 140 valence electrons. The summed E-state index contributed by atoms with van der Waals surface area (Å²) in [5.41, 5.74) is 2.81. The molecule has 0 spiro atoms. The van der Waals surface area contributed by atoms with E-state index in [1.54, 1.807) is 24.3 Å². The predicted molar refractivity (Wildman–Crippen MR) is 107 cm³/mol. The van der Waals surface area contributed by atoms with E-state index in [1.165, 1.54) is 18.7 Å². The maximum absolute atomic E-state index is 12.1. The lowest BCUT2D eigenvalue weighted by Gasteiger charge is -2.10. The second-order valence-electron chi connectivity index (χ2n) is 6.11. The Hall–Kier alpha value is -3.26. The van der Waals surface area contributed by atoms with Crippen molar-refractivity contribution in [2.45, 2.75) is 26.2 Å². The number of amides is 1. The highest BCUT2D eigenvalue weighted by Gasteiger charge is 2.06. The van der Waals surface area contributed by atoms with Gasteiger partial charge in [-0.05, 0) is 53.8 Å². The molecule has 0 unspecified atom stereocenters. The van der Waals surface area contributed by atoms with Crippen LogP contribution in [-0.2, 0) is 4.79 Å². The quantitative estimate of drug-likeness (QED) is 0.685. The predicted octanol–water partition coefficient (Wildman–Crippen LogP) is 4.76. The van der Waals surface area contributed by atoms with Crippen LogP contribution in [0.2, 0.25) is 0 Å². The molecule has 0 aliphatic rings. The molecule has 0 heterocycles. The molecule has 0 aliphatic heterocycles. The fourth-order valence-corrected chi connectivity index (χ4v) is 2.50. The number of ether oxygens (including phenoxy) is 2. The highest BCUT2D eigenvalue weighted by Crippen LogP contribution is 2.28. The summed E-state index contributed by atoms with van der Waals surface area (Å²) in [6.45, 7) is 4.29. The first-order chi connectivity index (χ1) is 13.1. The molecule has 0 radical (unpaired) electrons. The Bertz CT molecular complexity index is 836. The van der Waals surface area contributed by atoms with Crippen molar-refractivity contribution in [3.8, 4) is 17.6 Å². The summed E-state index contributed by atoms with van der Waals surface area (Å²) in [4.78, 5) is 12.1. The number of carbonyl (C=O) groups is 1. The van der Waals surface area contributed by atoms with Crippen LogP contribution in [0.25, 0.3) is 6.08 Å². The first kappa shape index (κ1) is 20.1. The maximum atomic E-state index is 12.1. The van der Waals surface area contributed by atoms with Crippen molar-refractivity contribution in [1.82, 2.24) is 0 Å². The van der Waals surface area contributed by atoms with E-state index in [0.29, 0.717) is 17.4 Å². The van der Waals surface area contributed by atoms with Crippen LogP contribution in [0.1, 0.15) is 37.3 Å². The smallest absolute Gasteiger partial charge is 0.248 e. The Morgan fingerprint density at radius 1 is 1.22 bits per heavy atom.